The molecule has 2 amide bonds. The number of amides is 2. The van der Waals surface area contributed by atoms with Crippen LogP contribution in [-0.4, -0.2) is 28.3 Å². The van der Waals surface area contributed by atoms with Crippen LogP contribution in [0.5, 0.6) is 0 Å². The minimum absolute atomic E-state index is 0.122. The number of imidazole rings is 1. The molecule has 0 spiro atoms. The van der Waals surface area contributed by atoms with Crippen molar-refractivity contribution in [2.24, 2.45) is 0 Å². The predicted molar refractivity (Wildman–Crippen MR) is 93.0 cm³/mol. The van der Waals surface area contributed by atoms with E-state index in [-0.39, 0.29) is 18.4 Å². The van der Waals surface area contributed by atoms with Gasteiger partial charge in [-0.05, 0) is 37.6 Å². The number of benzene rings is 2. The SMILES string of the molecule is Cc1ccc(C(=O)NCC(=O)Nc2nc3ccccc3[nH]2)c(C)c1. The summed E-state index contributed by atoms with van der Waals surface area (Å²) in [5.41, 5.74) is 4.15. The Morgan fingerprint density at radius 3 is 2.67 bits per heavy atom. The number of nitrogens with one attached hydrogen (secondary N) is 3. The highest BCUT2D eigenvalue weighted by molar-refractivity contribution is 6.00. The summed E-state index contributed by atoms with van der Waals surface area (Å²) < 4.78 is 0. The molecule has 24 heavy (non-hydrogen) atoms. The van der Waals surface area contributed by atoms with Crippen LogP contribution in [0.3, 0.4) is 0 Å². The minimum atomic E-state index is -0.341. The lowest BCUT2D eigenvalue weighted by Crippen LogP contribution is -2.33. The van der Waals surface area contributed by atoms with Crippen molar-refractivity contribution < 1.29 is 9.59 Å². The second kappa shape index (κ2) is 6.54. The first kappa shape index (κ1) is 15.7. The largest absolute Gasteiger partial charge is 0.343 e. The molecule has 0 saturated heterocycles. The number of carbonyl (C=O) groups is 2. The van der Waals surface area contributed by atoms with Crippen LogP contribution in [0.25, 0.3) is 11.0 Å². The third-order valence-electron chi connectivity index (χ3n) is 3.68. The molecule has 0 aliphatic rings. The van der Waals surface area contributed by atoms with Crippen molar-refractivity contribution in [3.63, 3.8) is 0 Å². The first-order chi connectivity index (χ1) is 11.5. The molecule has 0 saturated carbocycles. The van der Waals surface area contributed by atoms with Crippen LogP contribution in [-0.2, 0) is 4.79 Å². The van der Waals surface area contributed by atoms with Gasteiger partial charge in [0.2, 0.25) is 11.9 Å². The molecule has 1 aromatic heterocycles. The smallest absolute Gasteiger partial charge is 0.251 e. The van der Waals surface area contributed by atoms with Crippen molar-refractivity contribution in [2.75, 3.05) is 11.9 Å². The highest BCUT2D eigenvalue weighted by Crippen LogP contribution is 2.13. The molecule has 3 N–H and O–H groups in total. The highest BCUT2D eigenvalue weighted by Gasteiger charge is 2.11. The molecule has 0 fully saturated rings. The number of hydrogen-bond donors (Lipinski definition) is 3. The van der Waals surface area contributed by atoms with E-state index in [4.69, 9.17) is 0 Å². The molecule has 3 rings (SSSR count). The van der Waals surface area contributed by atoms with Crippen molar-refractivity contribution in [1.29, 1.82) is 0 Å². The van der Waals surface area contributed by atoms with Gasteiger partial charge in [0, 0.05) is 5.56 Å². The van der Waals surface area contributed by atoms with Crippen molar-refractivity contribution in [3.05, 3.63) is 59.2 Å². The summed E-state index contributed by atoms with van der Waals surface area (Å²) in [4.78, 5) is 31.4. The fraction of sp³-hybridized carbons (Fsp3) is 0.167. The Bertz CT molecular complexity index is 881. The molecule has 0 unspecified atom stereocenters. The summed E-state index contributed by atoms with van der Waals surface area (Å²) in [6, 6.07) is 13.1. The van der Waals surface area contributed by atoms with Crippen LogP contribution in [0.1, 0.15) is 21.5 Å². The van der Waals surface area contributed by atoms with E-state index >= 15 is 0 Å². The second-order valence-electron chi connectivity index (χ2n) is 5.65. The van der Waals surface area contributed by atoms with E-state index in [1.54, 1.807) is 6.07 Å². The molecule has 3 aromatic rings. The molecule has 0 aliphatic heterocycles. The Labute approximate surface area is 139 Å². The topological polar surface area (TPSA) is 86.9 Å². The summed E-state index contributed by atoms with van der Waals surface area (Å²) in [6.07, 6.45) is 0. The second-order valence-corrected chi connectivity index (χ2v) is 5.65. The van der Waals surface area contributed by atoms with E-state index in [1.165, 1.54) is 0 Å². The summed E-state index contributed by atoms with van der Waals surface area (Å²) in [7, 11) is 0. The molecule has 0 aliphatic carbocycles. The average Bonchev–Trinajstić information content (AvgIpc) is 2.94. The minimum Gasteiger partial charge on any atom is -0.343 e. The zero-order valence-corrected chi connectivity index (χ0v) is 13.5. The number of aryl methyl sites for hydroxylation is 2. The number of fused-ring (bicyclic) bond motifs is 1. The Hall–Kier alpha value is -3.15. The summed E-state index contributed by atoms with van der Waals surface area (Å²) in [6.45, 7) is 3.72. The van der Waals surface area contributed by atoms with Gasteiger partial charge >= 0.3 is 0 Å². The molecule has 1 heterocycles. The normalized spacial score (nSPS) is 10.6. The van der Waals surface area contributed by atoms with Gasteiger partial charge in [-0.2, -0.15) is 0 Å². The van der Waals surface area contributed by atoms with Crippen molar-refractivity contribution in [1.82, 2.24) is 15.3 Å². The monoisotopic (exact) mass is 322 g/mol. The number of anilines is 1. The van der Waals surface area contributed by atoms with Crippen LogP contribution >= 0.6 is 0 Å². The van der Waals surface area contributed by atoms with Crippen molar-refractivity contribution in [2.45, 2.75) is 13.8 Å². The van der Waals surface area contributed by atoms with Crippen LogP contribution in [0, 0.1) is 13.8 Å². The number of hydrogen-bond acceptors (Lipinski definition) is 3. The molecule has 0 bridgehead atoms. The summed E-state index contributed by atoms with van der Waals surface area (Å²) in [5, 5.41) is 5.26. The van der Waals surface area contributed by atoms with Gasteiger partial charge < -0.3 is 10.3 Å². The van der Waals surface area contributed by atoms with Crippen LogP contribution in [0.4, 0.5) is 5.95 Å². The Kier molecular flexibility index (Phi) is 4.29. The van der Waals surface area contributed by atoms with Gasteiger partial charge in [0.05, 0.1) is 17.6 Å². The molecular weight excluding hydrogens is 304 g/mol. The standard InChI is InChI=1S/C18H18N4O2/c1-11-7-8-13(12(2)9-11)17(24)19-10-16(23)22-18-20-14-5-3-4-6-15(14)21-18/h3-9H,10H2,1-2H3,(H,19,24)(H2,20,21,22,23). The maximum atomic E-state index is 12.2. The summed E-state index contributed by atoms with van der Waals surface area (Å²) in [5.74, 6) is -0.249. The fourth-order valence-corrected chi connectivity index (χ4v) is 2.51. The van der Waals surface area contributed by atoms with Gasteiger partial charge in [0.1, 0.15) is 0 Å². The Morgan fingerprint density at radius 1 is 1.12 bits per heavy atom. The molecular formula is C18H18N4O2. The van der Waals surface area contributed by atoms with Gasteiger partial charge in [-0.3, -0.25) is 14.9 Å². The molecule has 0 radical (unpaired) electrons. The lowest BCUT2D eigenvalue weighted by molar-refractivity contribution is -0.115. The Balaban J connectivity index is 1.59. The number of carbonyl (C=O) groups excluding carboxylic acids is 2. The van der Waals surface area contributed by atoms with Crippen molar-refractivity contribution >= 4 is 28.8 Å². The number of H-pyrrole nitrogens is 1. The van der Waals surface area contributed by atoms with E-state index in [2.05, 4.69) is 20.6 Å². The van der Waals surface area contributed by atoms with Gasteiger partial charge in [0.25, 0.3) is 5.91 Å². The zero-order valence-electron chi connectivity index (χ0n) is 13.5. The molecule has 6 heteroatoms. The third-order valence-corrected chi connectivity index (χ3v) is 3.68. The van der Waals surface area contributed by atoms with E-state index < -0.39 is 0 Å². The maximum absolute atomic E-state index is 12.2. The van der Waals surface area contributed by atoms with E-state index in [1.807, 2.05) is 50.2 Å². The van der Waals surface area contributed by atoms with E-state index in [0.717, 1.165) is 22.2 Å². The van der Waals surface area contributed by atoms with Crippen LogP contribution in [0.2, 0.25) is 0 Å². The number of rotatable bonds is 4. The molecule has 0 atom stereocenters. The summed E-state index contributed by atoms with van der Waals surface area (Å²) >= 11 is 0. The van der Waals surface area contributed by atoms with Crippen LogP contribution in [0.15, 0.2) is 42.5 Å². The average molecular weight is 322 g/mol. The zero-order chi connectivity index (χ0) is 17.1. The Morgan fingerprint density at radius 2 is 1.92 bits per heavy atom. The van der Waals surface area contributed by atoms with E-state index in [9.17, 15) is 9.59 Å². The maximum Gasteiger partial charge on any atom is 0.251 e. The first-order valence-corrected chi connectivity index (χ1v) is 7.63. The number of aromatic amines is 1. The first-order valence-electron chi connectivity index (χ1n) is 7.63. The third kappa shape index (κ3) is 3.43. The van der Waals surface area contributed by atoms with Crippen molar-refractivity contribution in [3.8, 4) is 0 Å². The molecule has 6 nitrogen and oxygen atoms in total. The lowest BCUT2D eigenvalue weighted by atomic mass is 10.1. The van der Waals surface area contributed by atoms with Crippen LogP contribution < -0.4 is 10.6 Å². The number of nitrogens with zero attached hydrogens (tertiary/aromatic N) is 1. The van der Waals surface area contributed by atoms with Gasteiger partial charge in [-0.25, -0.2) is 4.98 Å². The van der Waals surface area contributed by atoms with Gasteiger partial charge in [0.15, 0.2) is 0 Å². The number of para-hydroxylation sites is 2. The lowest BCUT2D eigenvalue weighted by Gasteiger charge is -2.08. The number of aromatic nitrogens is 2. The molecule has 122 valence electrons. The molecule has 2 aromatic carbocycles. The van der Waals surface area contributed by atoms with Gasteiger partial charge in [-0.15, -0.1) is 0 Å². The van der Waals surface area contributed by atoms with Gasteiger partial charge in [-0.1, -0.05) is 29.8 Å². The predicted octanol–water partition coefficient (Wildman–Crippen LogP) is 2.55. The fourth-order valence-electron chi connectivity index (χ4n) is 2.51. The van der Waals surface area contributed by atoms with E-state index in [0.29, 0.717) is 11.5 Å². The quantitative estimate of drug-likeness (QED) is 0.690. The highest BCUT2D eigenvalue weighted by atomic mass is 16.2.